The molecule has 3 fully saturated rings. The van der Waals surface area contributed by atoms with Gasteiger partial charge >= 0.3 is 18.3 Å². The largest absolute Gasteiger partial charge is 0.497 e. The Morgan fingerprint density at radius 3 is 2.09 bits per heavy atom. The topological polar surface area (TPSA) is 121 Å². The molecule has 4 atom stereocenters. The number of ether oxygens (including phenoxy) is 6. The van der Waals surface area contributed by atoms with Gasteiger partial charge in [0.05, 0.1) is 50.2 Å². The molecule has 9 rings (SSSR count). The lowest BCUT2D eigenvalue weighted by Gasteiger charge is -2.48. The van der Waals surface area contributed by atoms with Gasteiger partial charge in [0.2, 0.25) is 5.88 Å². The molecule has 18 heteroatoms. The van der Waals surface area contributed by atoms with Crippen molar-refractivity contribution in [3.8, 4) is 34.6 Å². The number of carbonyl (C=O) groups is 1. The van der Waals surface area contributed by atoms with Gasteiger partial charge in [-0.1, -0.05) is 24.3 Å². The fourth-order valence-corrected chi connectivity index (χ4v) is 10.1. The van der Waals surface area contributed by atoms with Crippen molar-refractivity contribution in [1.82, 2.24) is 19.9 Å². The summed E-state index contributed by atoms with van der Waals surface area (Å²) in [6, 6.07) is 13.5. The van der Waals surface area contributed by atoms with Crippen LogP contribution >= 0.6 is 0 Å². The molecule has 1 amide bonds. The zero-order valence-electron chi connectivity index (χ0n) is 39.1. The molecule has 0 radical (unpaired) electrons. The molecule has 0 N–H and O–H groups in total. The van der Waals surface area contributed by atoms with Gasteiger partial charge in [0.1, 0.15) is 51.4 Å². The summed E-state index contributed by atoms with van der Waals surface area (Å²) in [5.41, 5.74) is -3.58. The number of fused-ring (bicyclic) bond motifs is 5. The highest BCUT2D eigenvalue weighted by atomic mass is 19.4. The van der Waals surface area contributed by atoms with Gasteiger partial charge in [-0.25, -0.2) is 18.6 Å². The number of benzene rings is 3. The molecule has 68 heavy (non-hydrogen) atoms. The second kappa shape index (κ2) is 18.4. The minimum Gasteiger partial charge on any atom is -0.497 e. The highest BCUT2D eigenvalue weighted by Gasteiger charge is 2.54. The number of pyridine rings is 1. The Bertz CT molecular complexity index is 2630. The van der Waals surface area contributed by atoms with Crippen LogP contribution in [-0.4, -0.2) is 96.4 Å². The first-order chi connectivity index (χ1) is 32.4. The lowest BCUT2D eigenvalue weighted by Crippen LogP contribution is -2.65. The van der Waals surface area contributed by atoms with Gasteiger partial charge in [0, 0.05) is 38.4 Å². The maximum absolute atomic E-state index is 17.9. The summed E-state index contributed by atoms with van der Waals surface area (Å²) in [6.45, 7) is 9.82. The van der Waals surface area contributed by atoms with Crippen LogP contribution in [0.2, 0.25) is 0 Å². The van der Waals surface area contributed by atoms with Gasteiger partial charge in [-0.15, -0.1) is 0 Å². The number of carbonyl (C=O) groups excluding carboxylic acids is 1. The highest BCUT2D eigenvalue weighted by Crippen LogP contribution is 2.49. The number of aromatic nitrogens is 3. The molecule has 3 aromatic carbocycles. The molecule has 0 aliphatic carbocycles. The second-order valence-corrected chi connectivity index (χ2v) is 19.0. The Morgan fingerprint density at radius 2 is 1.50 bits per heavy atom. The average Bonchev–Trinajstić information content (AvgIpc) is 3.56. The lowest BCUT2D eigenvalue weighted by molar-refractivity contribution is -0.137. The van der Waals surface area contributed by atoms with E-state index in [-0.39, 0.29) is 72.5 Å². The van der Waals surface area contributed by atoms with Gasteiger partial charge in [-0.05, 0) is 113 Å². The van der Waals surface area contributed by atoms with E-state index < -0.39 is 70.1 Å². The fourth-order valence-electron chi connectivity index (χ4n) is 10.1. The normalized spacial score (nSPS) is 20.4. The SMILES string of the molecule is COc1ccc(CN(Cc2ccc(OC)cc2)c2cc(-c3nc4c5c(nc(OCC6CCOCC6)nc5c3F)N3C[C@H]5CC[C@@H]([C@H]3[C@H](C)O4)N5C(=O)OC(C)(C)C)c(C(F)(F)F)c(C)c2F)cc1. The van der Waals surface area contributed by atoms with Crippen molar-refractivity contribution in [3.63, 3.8) is 0 Å². The van der Waals surface area contributed by atoms with Gasteiger partial charge in [0.25, 0.3) is 0 Å². The van der Waals surface area contributed by atoms with Crippen molar-refractivity contribution in [2.24, 2.45) is 5.92 Å². The Labute approximate surface area is 391 Å². The molecular formula is C50H55F5N6O7. The van der Waals surface area contributed by atoms with Crippen molar-refractivity contribution in [1.29, 1.82) is 0 Å². The summed E-state index contributed by atoms with van der Waals surface area (Å²) in [4.78, 5) is 33.1. The molecule has 5 aromatic rings. The van der Waals surface area contributed by atoms with E-state index in [0.717, 1.165) is 25.8 Å². The minimum atomic E-state index is -5.17. The Balaban J connectivity index is 1.22. The van der Waals surface area contributed by atoms with Crippen LogP contribution in [0.5, 0.6) is 23.4 Å². The summed E-state index contributed by atoms with van der Waals surface area (Å²) in [5, 5.41) is 0.0392. The molecule has 2 bridgehead atoms. The molecular weight excluding hydrogens is 892 g/mol. The summed E-state index contributed by atoms with van der Waals surface area (Å²) in [5.74, 6) is -1.08. The van der Waals surface area contributed by atoms with Crippen molar-refractivity contribution in [2.75, 3.05) is 50.4 Å². The van der Waals surface area contributed by atoms with Crippen LogP contribution < -0.4 is 28.7 Å². The molecule has 0 saturated carbocycles. The predicted molar refractivity (Wildman–Crippen MR) is 243 cm³/mol. The third-order valence-electron chi connectivity index (χ3n) is 13.3. The Morgan fingerprint density at radius 1 is 0.868 bits per heavy atom. The third kappa shape index (κ3) is 9.10. The molecule has 2 aromatic heterocycles. The highest BCUT2D eigenvalue weighted by molar-refractivity contribution is 5.98. The number of hydrogen-bond donors (Lipinski definition) is 0. The smallest absolute Gasteiger partial charge is 0.417 e. The summed E-state index contributed by atoms with van der Waals surface area (Å²) >= 11 is 0. The van der Waals surface area contributed by atoms with Crippen LogP contribution in [0, 0.1) is 24.5 Å². The first-order valence-corrected chi connectivity index (χ1v) is 22.9. The molecule has 0 spiro atoms. The van der Waals surface area contributed by atoms with Crippen molar-refractivity contribution < 1.29 is 55.2 Å². The second-order valence-electron chi connectivity index (χ2n) is 19.0. The minimum absolute atomic E-state index is 0.0392. The van der Waals surface area contributed by atoms with Crippen molar-refractivity contribution >= 4 is 28.5 Å². The number of hydrogen-bond acceptors (Lipinski definition) is 12. The van der Waals surface area contributed by atoms with E-state index in [9.17, 15) is 4.79 Å². The monoisotopic (exact) mass is 946 g/mol. The van der Waals surface area contributed by atoms with E-state index in [1.807, 2.05) is 4.90 Å². The molecule has 13 nitrogen and oxygen atoms in total. The van der Waals surface area contributed by atoms with E-state index in [1.54, 1.807) is 86.0 Å². The van der Waals surface area contributed by atoms with E-state index >= 15 is 22.0 Å². The third-order valence-corrected chi connectivity index (χ3v) is 13.3. The van der Waals surface area contributed by atoms with E-state index in [0.29, 0.717) is 48.7 Å². The predicted octanol–water partition coefficient (Wildman–Crippen LogP) is 10.1. The van der Waals surface area contributed by atoms with Crippen LogP contribution in [0.25, 0.3) is 22.2 Å². The number of piperazine rings is 1. The van der Waals surface area contributed by atoms with E-state index in [2.05, 4.69) is 9.97 Å². The number of alkyl halides is 3. The molecule has 3 saturated heterocycles. The fraction of sp³-hybridized carbons (Fsp3) is 0.480. The zero-order chi connectivity index (χ0) is 48.2. The Hall–Kier alpha value is -6.17. The maximum Gasteiger partial charge on any atom is 0.417 e. The van der Waals surface area contributed by atoms with Crippen molar-refractivity contribution in [2.45, 2.75) is 109 Å². The molecule has 4 aliphatic heterocycles. The maximum atomic E-state index is 17.9. The molecule has 4 aliphatic rings. The number of halogens is 5. The van der Waals surface area contributed by atoms with Crippen LogP contribution in [0.1, 0.15) is 75.6 Å². The van der Waals surface area contributed by atoms with Crippen LogP contribution in [0.15, 0.2) is 54.6 Å². The quantitative estimate of drug-likeness (QED) is 0.117. The summed E-state index contributed by atoms with van der Waals surface area (Å²) in [6.07, 6.45) is -3.72. The van der Waals surface area contributed by atoms with Gasteiger partial charge in [-0.2, -0.15) is 23.1 Å². The zero-order valence-corrected chi connectivity index (χ0v) is 39.1. The standard InChI is InChI=1S/C50H55F5N6O7/c1-27-39(50(53,54)55)35(22-37(40(27)51)59(23-29-8-13-33(63-6)14-9-29)24-30-10-15-34(64-7)16-11-30)42-41(52)43-38-45(58-47(57-43)66-26-31-18-20-65-21-19-31)60-25-32-12-17-36(44(60)28(2)67-46(38)56-42)61(32)48(62)68-49(3,4)5/h8-11,13-16,22,28,31-32,36,44H,12,17-21,23-26H2,1-7H3/t28-,32+,36-,44+/m0/s1. The Kier molecular flexibility index (Phi) is 12.7. The van der Waals surface area contributed by atoms with E-state index in [1.165, 1.54) is 14.2 Å². The number of amides is 1. The summed E-state index contributed by atoms with van der Waals surface area (Å²) < 4.78 is 116. The van der Waals surface area contributed by atoms with Gasteiger partial charge in [-0.3, -0.25) is 4.90 Å². The molecule has 362 valence electrons. The van der Waals surface area contributed by atoms with E-state index in [4.69, 9.17) is 33.4 Å². The van der Waals surface area contributed by atoms with Crippen LogP contribution in [0.3, 0.4) is 0 Å². The van der Waals surface area contributed by atoms with Gasteiger partial charge < -0.3 is 38.2 Å². The summed E-state index contributed by atoms with van der Waals surface area (Å²) in [7, 11) is 3.05. The average molecular weight is 947 g/mol. The first kappa shape index (κ1) is 46.9. The van der Waals surface area contributed by atoms with Gasteiger partial charge in [0.15, 0.2) is 5.82 Å². The number of methoxy groups -OCH3 is 2. The number of nitrogens with zero attached hydrogens (tertiary/aromatic N) is 6. The molecule has 0 unspecified atom stereocenters. The molecule has 6 heterocycles. The first-order valence-electron chi connectivity index (χ1n) is 22.9. The number of rotatable bonds is 11. The van der Waals surface area contributed by atoms with Crippen LogP contribution in [-0.2, 0) is 28.7 Å². The van der Waals surface area contributed by atoms with Crippen LogP contribution in [0.4, 0.5) is 38.3 Å². The number of anilines is 2. The lowest BCUT2D eigenvalue weighted by atomic mass is 9.95. The van der Waals surface area contributed by atoms with Crippen molar-refractivity contribution in [3.05, 3.63) is 88.5 Å².